The monoisotopic (exact) mass is 378 g/mol. The van der Waals surface area contributed by atoms with Gasteiger partial charge in [0.05, 0.1) is 11.9 Å². The Hall–Kier alpha value is -0.750. The molecule has 0 aliphatic heterocycles. The molecule has 2 rings (SSSR count). The molecule has 2 nitrogen and oxygen atoms in total. The van der Waals surface area contributed by atoms with E-state index in [1.807, 2.05) is 19.1 Å². The first kappa shape index (κ1) is 13.7. The highest BCUT2D eigenvalue weighted by molar-refractivity contribution is 9.10. The second-order valence-electron chi connectivity index (χ2n) is 3.83. The molecular formula is C12H10Br2F2N2. The Morgan fingerprint density at radius 1 is 1.39 bits per heavy atom. The number of nitrogens with zero attached hydrogens (tertiary/aromatic N) is 2. The fourth-order valence-corrected chi connectivity index (χ4v) is 2.68. The molecule has 0 bridgehead atoms. The fourth-order valence-electron chi connectivity index (χ4n) is 1.78. The summed E-state index contributed by atoms with van der Waals surface area (Å²) in [7, 11) is 0. The largest absolute Gasteiger partial charge is 0.280 e. The lowest BCUT2D eigenvalue weighted by Gasteiger charge is -2.11. The summed E-state index contributed by atoms with van der Waals surface area (Å²) in [4.78, 5) is 0. The van der Waals surface area contributed by atoms with E-state index < -0.39 is 6.43 Å². The van der Waals surface area contributed by atoms with E-state index in [2.05, 4.69) is 37.0 Å². The molecule has 0 aliphatic carbocycles. The van der Waals surface area contributed by atoms with Crippen molar-refractivity contribution in [2.75, 3.05) is 0 Å². The lowest BCUT2D eigenvalue weighted by atomic mass is 10.2. The van der Waals surface area contributed by atoms with Gasteiger partial charge in [-0.1, -0.05) is 31.9 Å². The van der Waals surface area contributed by atoms with Crippen LogP contribution in [0, 0.1) is 6.92 Å². The minimum Gasteiger partial charge on any atom is -0.231 e. The Morgan fingerprint density at radius 2 is 2.11 bits per heavy atom. The third kappa shape index (κ3) is 2.49. The van der Waals surface area contributed by atoms with Crippen molar-refractivity contribution in [1.29, 1.82) is 0 Å². The first-order valence-electron chi connectivity index (χ1n) is 5.22. The van der Waals surface area contributed by atoms with Crippen molar-refractivity contribution in [1.82, 2.24) is 9.78 Å². The molecule has 1 aromatic carbocycles. The molecule has 1 aromatic heterocycles. The Kier molecular flexibility index (Phi) is 4.17. The van der Waals surface area contributed by atoms with Gasteiger partial charge in [-0.2, -0.15) is 5.10 Å². The predicted molar refractivity (Wildman–Crippen MR) is 73.6 cm³/mol. The lowest BCUT2D eigenvalue weighted by Crippen LogP contribution is -2.05. The summed E-state index contributed by atoms with van der Waals surface area (Å²) < 4.78 is 28.4. The summed E-state index contributed by atoms with van der Waals surface area (Å²) >= 11 is 6.55. The number of hydrogen-bond acceptors (Lipinski definition) is 1. The molecule has 0 spiro atoms. The zero-order valence-electron chi connectivity index (χ0n) is 9.50. The smallest absolute Gasteiger partial charge is 0.231 e. The normalized spacial score (nSPS) is 11.2. The van der Waals surface area contributed by atoms with Crippen LogP contribution in [0.2, 0.25) is 0 Å². The van der Waals surface area contributed by atoms with E-state index in [1.54, 1.807) is 6.07 Å². The van der Waals surface area contributed by atoms with Crippen molar-refractivity contribution in [3.05, 3.63) is 45.7 Å². The average molecular weight is 380 g/mol. The second-order valence-corrected chi connectivity index (χ2v) is 5.31. The summed E-state index contributed by atoms with van der Waals surface area (Å²) in [5, 5.41) is 4.42. The van der Waals surface area contributed by atoms with Crippen LogP contribution in [0.3, 0.4) is 0 Å². The Bertz CT molecular complexity index is 567. The van der Waals surface area contributed by atoms with Crippen molar-refractivity contribution in [2.45, 2.75) is 18.7 Å². The first-order chi connectivity index (χ1) is 8.54. The molecular weight excluding hydrogens is 370 g/mol. The zero-order valence-corrected chi connectivity index (χ0v) is 12.7. The molecule has 18 heavy (non-hydrogen) atoms. The number of aryl methyl sites for hydroxylation is 1. The van der Waals surface area contributed by atoms with Crippen molar-refractivity contribution in [2.24, 2.45) is 0 Å². The highest BCUT2D eigenvalue weighted by Gasteiger charge is 2.21. The maximum absolute atomic E-state index is 13.1. The topological polar surface area (TPSA) is 17.8 Å². The molecule has 0 N–H and O–H groups in total. The maximum Gasteiger partial charge on any atom is 0.280 e. The average Bonchev–Trinajstić information content (AvgIpc) is 2.72. The molecule has 0 fully saturated rings. The number of hydrogen-bond donors (Lipinski definition) is 0. The van der Waals surface area contributed by atoms with Gasteiger partial charge < -0.3 is 0 Å². The third-order valence-corrected chi connectivity index (χ3v) is 3.72. The molecule has 0 radical (unpaired) electrons. The van der Waals surface area contributed by atoms with Gasteiger partial charge >= 0.3 is 0 Å². The molecule has 1 heterocycles. The van der Waals surface area contributed by atoms with E-state index in [9.17, 15) is 8.78 Å². The quantitative estimate of drug-likeness (QED) is 0.702. The van der Waals surface area contributed by atoms with Crippen LogP contribution in [-0.2, 0) is 5.33 Å². The van der Waals surface area contributed by atoms with E-state index in [0.717, 1.165) is 10.0 Å². The maximum atomic E-state index is 13.1. The van der Waals surface area contributed by atoms with E-state index in [0.29, 0.717) is 16.6 Å². The molecule has 96 valence electrons. The van der Waals surface area contributed by atoms with Crippen molar-refractivity contribution in [3.63, 3.8) is 0 Å². The van der Waals surface area contributed by atoms with E-state index >= 15 is 0 Å². The molecule has 0 atom stereocenters. The molecule has 0 saturated carbocycles. The van der Waals surface area contributed by atoms with Gasteiger partial charge in [0.15, 0.2) is 0 Å². The van der Waals surface area contributed by atoms with Crippen LogP contribution in [0.4, 0.5) is 8.78 Å². The summed E-state index contributed by atoms with van der Waals surface area (Å²) in [5.74, 6) is 0. The molecule has 0 aliphatic rings. The molecule has 0 unspecified atom stereocenters. The van der Waals surface area contributed by atoms with Gasteiger partial charge in [0.25, 0.3) is 6.43 Å². The van der Waals surface area contributed by atoms with Crippen molar-refractivity contribution >= 4 is 31.9 Å². The third-order valence-electron chi connectivity index (χ3n) is 2.62. The van der Waals surface area contributed by atoms with Gasteiger partial charge in [-0.05, 0) is 30.7 Å². The SMILES string of the molecule is Cc1cc(Br)ccc1-n1ncc(CBr)c1C(F)F. The second kappa shape index (κ2) is 5.48. The molecule has 0 saturated heterocycles. The van der Waals surface area contributed by atoms with Crippen molar-refractivity contribution in [3.8, 4) is 5.69 Å². The van der Waals surface area contributed by atoms with Gasteiger partial charge in [0.2, 0.25) is 0 Å². The molecule has 2 aromatic rings. The number of benzene rings is 1. The standard InChI is InChI=1S/C12H10Br2F2N2/c1-7-4-9(14)2-3-10(7)18-11(12(15)16)8(5-13)6-17-18/h2-4,6,12H,5H2,1H3. The molecule has 0 amide bonds. The van der Waals surface area contributed by atoms with E-state index in [1.165, 1.54) is 10.9 Å². The minimum atomic E-state index is -2.55. The van der Waals surface area contributed by atoms with Gasteiger partial charge in [-0.25, -0.2) is 13.5 Å². The van der Waals surface area contributed by atoms with Gasteiger partial charge in [0, 0.05) is 15.4 Å². The van der Waals surface area contributed by atoms with Crippen LogP contribution in [0.25, 0.3) is 5.69 Å². The van der Waals surface area contributed by atoms with Gasteiger partial charge in [-0.15, -0.1) is 0 Å². The van der Waals surface area contributed by atoms with Gasteiger partial charge in [-0.3, -0.25) is 0 Å². The summed E-state index contributed by atoms with van der Waals surface area (Å²) in [6.07, 6.45) is -1.08. The molecule has 6 heteroatoms. The van der Waals surface area contributed by atoms with Crippen LogP contribution in [-0.4, -0.2) is 9.78 Å². The summed E-state index contributed by atoms with van der Waals surface area (Å²) in [6, 6.07) is 5.46. The zero-order chi connectivity index (χ0) is 13.3. The van der Waals surface area contributed by atoms with Crippen LogP contribution >= 0.6 is 31.9 Å². The number of rotatable bonds is 3. The van der Waals surface area contributed by atoms with Crippen LogP contribution in [0.15, 0.2) is 28.9 Å². The minimum absolute atomic E-state index is 0.0581. The lowest BCUT2D eigenvalue weighted by molar-refractivity contribution is 0.142. The summed E-state index contributed by atoms with van der Waals surface area (Å²) in [5.41, 5.74) is 2.00. The highest BCUT2D eigenvalue weighted by atomic mass is 79.9. The summed E-state index contributed by atoms with van der Waals surface area (Å²) in [6.45, 7) is 1.87. The fraction of sp³-hybridized carbons (Fsp3) is 0.250. The van der Waals surface area contributed by atoms with Crippen LogP contribution in [0.1, 0.15) is 23.2 Å². The Labute approximate surface area is 120 Å². The number of halogens is 4. The Balaban J connectivity index is 2.60. The van der Waals surface area contributed by atoms with Crippen LogP contribution in [0.5, 0.6) is 0 Å². The first-order valence-corrected chi connectivity index (χ1v) is 7.13. The van der Waals surface area contributed by atoms with Gasteiger partial charge in [0.1, 0.15) is 5.69 Å². The van der Waals surface area contributed by atoms with E-state index in [4.69, 9.17) is 0 Å². The van der Waals surface area contributed by atoms with Crippen molar-refractivity contribution < 1.29 is 8.78 Å². The highest BCUT2D eigenvalue weighted by Crippen LogP contribution is 2.29. The van der Waals surface area contributed by atoms with E-state index in [-0.39, 0.29) is 5.69 Å². The van der Waals surface area contributed by atoms with Crippen LogP contribution < -0.4 is 0 Å². The predicted octanol–water partition coefficient (Wildman–Crippen LogP) is 4.78. The Morgan fingerprint density at radius 3 is 2.67 bits per heavy atom. The number of aromatic nitrogens is 2. The number of alkyl halides is 3.